The molecule has 0 unspecified atom stereocenters. The number of halogens is 3. The van der Waals surface area contributed by atoms with Crippen molar-refractivity contribution in [1.29, 1.82) is 0 Å². The highest BCUT2D eigenvalue weighted by molar-refractivity contribution is 7.09. The Morgan fingerprint density at radius 3 is 2.50 bits per heavy atom. The van der Waals surface area contributed by atoms with Gasteiger partial charge in [-0.1, -0.05) is 0 Å². The van der Waals surface area contributed by atoms with E-state index in [-0.39, 0.29) is 0 Å². The van der Waals surface area contributed by atoms with E-state index in [9.17, 15) is 13.2 Å². The third-order valence-corrected chi connectivity index (χ3v) is 4.08. The molecule has 1 aliphatic rings. The number of nitrogens with zero attached hydrogens (tertiary/aromatic N) is 3. The first-order valence-electron chi connectivity index (χ1n) is 6.55. The van der Waals surface area contributed by atoms with Crippen LogP contribution in [0.4, 0.5) is 13.2 Å². The summed E-state index contributed by atoms with van der Waals surface area (Å²) >= 11 is 1.61. The second kappa shape index (κ2) is 6.84. The molecule has 1 N–H and O–H groups in total. The molecule has 1 aromatic rings. The number of thiazole rings is 1. The minimum atomic E-state index is -4.10. The summed E-state index contributed by atoms with van der Waals surface area (Å²) < 4.78 is 36.9. The molecule has 4 nitrogen and oxygen atoms in total. The lowest BCUT2D eigenvalue weighted by Gasteiger charge is -2.34. The molecule has 0 amide bonds. The summed E-state index contributed by atoms with van der Waals surface area (Å²) in [4.78, 5) is 8.11. The van der Waals surface area contributed by atoms with Crippen LogP contribution >= 0.6 is 11.3 Å². The first-order valence-corrected chi connectivity index (χ1v) is 7.43. The van der Waals surface area contributed by atoms with Gasteiger partial charge in [-0.25, -0.2) is 4.98 Å². The van der Waals surface area contributed by atoms with Gasteiger partial charge in [-0.15, -0.1) is 11.3 Å². The van der Waals surface area contributed by atoms with E-state index in [1.54, 1.807) is 11.3 Å². The quantitative estimate of drug-likeness (QED) is 0.894. The van der Waals surface area contributed by atoms with E-state index < -0.39 is 12.7 Å². The van der Waals surface area contributed by atoms with E-state index >= 15 is 0 Å². The summed E-state index contributed by atoms with van der Waals surface area (Å²) in [5, 5.41) is 6.11. The van der Waals surface area contributed by atoms with Crippen molar-refractivity contribution in [3.05, 3.63) is 16.1 Å². The fourth-order valence-electron chi connectivity index (χ4n) is 2.24. The Balaban J connectivity index is 1.76. The Labute approximate surface area is 120 Å². The highest BCUT2D eigenvalue weighted by Crippen LogP contribution is 2.18. The Bertz CT molecular complexity index is 413. The van der Waals surface area contributed by atoms with Crippen LogP contribution in [0.1, 0.15) is 10.7 Å². The number of alkyl halides is 3. The summed E-state index contributed by atoms with van der Waals surface area (Å²) in [5.41, 5.74) is 1.00. The molecule has 1 aromatic heterocycles. The van der Waals surface area contributed by atoms with Gasteiger partial charge in [0.25, 0.3) is 0 Å². The normalized spacial score (nSPS) is 18.6. The predicted molar refractivity (Wildman–Crippen MR) is 72.6 cm³/mol. The van der Waals surface area contributed by atoms with Crippen LogP contribution in [0, 0.1) is 0 Å². The number of rotatable bonds is 5. The van der Waals surface area contributed by atoms with Crippen LogP contribution in [0.25, 0.3) is 0 Å². The first-order chi connectivity index (χ1) is 9.46. The molecule has 114 valence electrons. The molecule has 1 fully saturated rings. The summed E-state index contributed by atoms with van der Waals surface area (Å²) in [7, 11) is 1.88. The van der Waals surface area contributed by atoms with Crippen LogP contribution in [0.2, 0.25) is 0 Å². The van der Waals surface area contributed by atoms with Gasteiger partial charge in [0.05, 0.1) is 12.2 Å². The highest BCUT2D eigenvalue weighted by atomic mass is 32.1. The zero-order valence-electron chi connectivity index (χ0n) is 11.4. The molecule has 1 aliphatic heterocycles. The molecule has 2 rings (SSSR count). The van der Waals surface area contributed by atoms with Crippen LogP contribution in [-0.4, -0.2) is 60.7 Å². The van der Waals surface area contributed by atoms with E-state index in [4.69, 9.17) is 0 Å². The SMILES string of the molecule is CNCc1nc(CN2CCN(CC(F)(F)F)CC2)cs1. The molecule has 0 atom stereocenters. The maximum Gasteiger partial charge on any atom is 0.401 e. The summed E-state index contributed by atoms with van der Waals surface area (Å²) in [5.74, 6) is 0. The molecule has 0 bridgehead atoms. The van der Waals surface area contributed by atoms with E-state index in [1.807, 2.05) is 12.4 Å². The lowest BCUT2D eigenvalue weighted by molar-refractivity contribution is -0.149. The van der Waals surface area contributed by atoms with Gasteiger partial charge in [0, 0.05) is 44.6 Å². The number of hydrogen-bond acceptors (Lipinski definition) is 5. The third-order valence-electron chi connectivity index (χ3n) is 3.18. The molecule has 0 aromatic carbocycles. The van der Waals surface area contributed by atoms with Gasteiger partial charge in [0.15, 0.2) is 0 Å². The third kappa shape index (κ3) is 5.01. The van der Waals surface area contributed by atoms with E-state index in [0.29, 0.717) is 26.2 Å². The molecule has 0 spiro atoms. The molecule has 0 radical (unpaired) electrons. The van der Waals surface area contributed by atoms with Crippen LogP contribution in [0.5, 0.6) is 0 Å². The maximum atomic E-state index is 12.3. The largest absolute Gasteiger partial charge is 0.401 e. The molecule has 2 heterocycles. The van der Waals surface area contributed by atoms with Gasteiger partial charge in [-0.05, 0) is 7.05 Å². The van der Waals surface area contributed by atoms with Crippen molar-refractivity contribution in [1.82, 2.24) is 20.1 Å². The minimum Gasteiger partial charge on any atom is -0.314 e. The minimum absolute atomic E-state index is 0.465. The summed E-state index contributed by atoms with van der Waals surface area (Å²) in [6.07, 6.45) is -4.10. The lowest BCUT2D eigenvalue weighted by atomic mass is 10.3. The van der Waals surface area contributed by atoms with Gasteiger partial charge in [0.2, 0.25) is 0 Å². The number of hydrogen-bond donors (Lipinski definition) is 1. The summed E-state index contributed by atoms with van der Waals surface area (Å²) in [6.45, 7) is 2.93. The van der Waals surface area contributed by atoms with Crippen LogP contribution in [0.3, 0.4) is 0 Å². The lowest BCUT2D eigenvalue weighted by Crippen LogP contribution is -2.48. The predicted octanol–water partition coefficient (Wildman–Crippen LogP) is 1.54. The van der Waals surface area contributed by atoms with Crippen molar-refractivity contribution >= 4 is 11.3 Å². The Morgan fingerprint density at radius 2 is 1.90 bits per heavy atom. The molecule has 0 aliphatic carbocycles. The van der Waals surface area contributed by atoms with Crippen molar-refractivity contribution in [3.63, 3.8) is 0 Å². The molecule has 1 saturated heterocycles. The maximum absolute atomic E-state index is 12.3. The first kappa shape index (κ1) is 15.7. The van der Waals surface area contributed by atoms with Crippen molar-refractivity contribution in [2.45, 2.75) is 19.3 Å². The van der Waals surface area contributed by atoms with Crippen LogP contribution in [-0.2, 0) is 13.1 Å². The van der Waals surface area contributed by atoms with Crippen molar-refractivity contribution in [2.75, 3.05) is 39.8 Å². The second-order valence-corrected chi connectivity index (χ2v) is 5.87. The van der Waals surface area contributed by atoms with Gasteiger partial charge in [0.1, 0.15) is 5.01 Å². The van der Waals surface area contributed by atoms with E-state index in [0.717, 1.165) is 23.8 Å². The molecule has 8 heteroatoms. The topological polar surface area (TPSA) is 31.4 Å². The average Bonchev–Trinajstić information content (AvgIpc) is 2.78. The highest BCUT2D eigenvalue weighted by Gasteiger charge is 2.32. The number of piperazine rings is 1. The zero-order valence-corrected chi connectivity index (χ0v) is 12.2. The van der Waals surface area contributed by atoms with Crippen LogP contribution in [0.15, 0.2) is 5.38 Å². The fourth-order valence-corrected chi connectivity index (χ4v) is 3.04. The smallest absolute Gasteiger partial charge is 0.314 e. The van der Waals surface area contributed by atoms with Crippen LogP contribution < -0.4 is 5.32 Å². The van der Waals surface area contributed by atoms with Gasteiger partial charge in [-0.3, -0.25) is 9.80 Å². The zero-order chi connectivity index (χ0) is 14.6. The molecule has 20 heavy (non-hydrogen) atoms. The Morgan fingerprint density at radius 1 is 1.25 bits per heavy atom. The molecule has 0 saturated carbocycles. The van der Waals surface area contributed by atoms with Gasteiger partial charge in [-0.2, -0.15) is 13.2 Å². The van der Waals surface area contributed by atoms with Gasteiger partial charge >= 0.3 is 6.18 Å². The standard InChI is InChI=1S/C12H19F3N4S/c1-16-6-11-17-10(8-20-11)7-18-2-4-19(5-3-18)9-12(13,14)15/h8,16H,2-7,9H2,1H3. The second-order valence-electron chi connectivity index (χ2n) is 4.93. The average molecular weight is 308 g/mol. The van der Waals surface area contributed by atoms with E-state index in [1.165, 1.54) is 4.90 Å². The summed E-state index contributed by atoms with van der Waals surface area (Å²) in [6, 6.07) is 0. The van der Waals surface area contributed by atoms with Crippen molar-refractivity contribution in [2.24, 2.45) is 0 Å². The Kier molecular flexibility index (Phi) is 5.36. The number of aromatic nitrogens is 1. The monoisotopic (exact) mass is 308 g/mol. The molecular formula is C12H19F3N4S. The number of nitrogens with one attached hydrogen (secondary N) is 1. The van der Waals surface area contributed by atoms with Crippen molar-refractivity contribution in [3.8, 4) is 0 Å². The van der Waals surface area contributed by atoms with E-state index in [2.05, 4.69) is 15.2 Å². The molecular weight excluding hydrogens is 289 g/mol. The fraction of sp³-hybridized carbons (Fsp3) is 0.750. The Hall–Kier alpha value is -0.700. The van der Waals surface area contributed by atoms with Gasteiger partial charge < -0.3 is 5.32 Å². The van der Waals surface area contributed by atoms with Crippen molar-refractivity contribution < 1.29 is 13.2 Å².